The summed E-state index contributed by atoms with van der Waals surface area (Å²) in [5.74, 6) is 7.14. The Kier molecular flexibility index (Phi) is 18.4. The van der Waals surface area contributed by atoms with Crippen LogP contribution >= 0.6 is 0 Å². The highest BCUT2D eigenvalue weighted by Gasteiger charge is 2.27. The van der Waals surface area contributed by atoms with E-state index in [-0.39, 0.29) is 0 Å². The van der Waals surface area contributed by atoms with Crippen molar-refractivity contribution in [3.8, 4) is 101 Å². The number of aryl methyl sites for hydroxylation is 18. The van der Waals surface area contributed by atoms with Crippen molar-refractivity contribution >= 4 is 92.7 Å². The third-order valence-electron chi connectivity index (χ3n) is 23.7. The van der Waals surface area contributed by atoms with Crippen LogP contribution in [0.1, 0.15) is 157 Å². The van der Waals surface area contributed by atoms with E-state index >= 15 is 0 Å². The van der Waals surface area contributed by atoms with Crippen molar-refractivity contribution < 1.29 is 0 Å². The van der Waals surface area contributed by atoms with Crippen LogP contribution in [0.3, 0.4) is 0 Å². The molecule has 4 aliphatic heterocycles. The van der Waals surface area contributed by atoms with Gasteiger partial charge in [0.15, 0.2) is 0 Å². The van der Waals surface area contributed by atoms with E-state index in [1.807, 2.05) is 0 Å². The lowest BCUT2D eigenvalue weighted by Crippen LogP contribution is -1.95. The highest BCUT2D eigenvalue weighted by Crippen LogP contribution is 2.46. The predicted octanol–water partition coefficient (Wildman–Crippen LogP) is 27.9. The van der Waals surface area contributed by atoms with Crippen molar-refractivity contribution in [1.82, 2.24) is 39.9 Å². The molecule has 0 aliphatic carbocycles. The fourth-order valence-electron chi connectivity index (χ4n) is 19.5. The summed E-state index contributed by atoms with van der Waals surface area (Å²) in [6.45, 7) is 39.8. The topological polar surface area (TPSA) is 115 Å². The number of fused-ring (bicyclic) bond motifs is 16. The molecular formula is C108H94N8. The largest absolute Gasteiger partial charge is 0.354 e. The zero-order chi connectivity index (χ0) is 80.5. The molecule has 116 heavy (non-hydrogen) atoms. The first-order valence-electron chi connectivity index (χ1n) is 40.4. The first-order chi connectivity index (χ1) is 55.8. The standard InChI is InChI=1S/C108H94N8/c1-57-41-63(7)97(64(8)42-57)103-83-31-29-79(109-83)53-93-81(55-95(115-93)107(101-71(15)49-61(5)50-72(101)16)91-39-37-89(113-91)105(87-35-33-85(103)111-87)99-67(11)45-59(3)46-68(99)12)77-25-21-75(22-26-77)19-20-76-23-27-78(28-24-76)82-56-96-108(102-73(17)51-62(6)52-74(102)18)92-40-38-90(114-92)106(100-69(13)47-60(4)48-70(100)14)88-36-34-86(112-88)104(98-65(9)43-58(2)44-66(98)10)84-32-30-80(110-84)54-94(82)116-96/h21-56,111-112,115-116H,1-18H3. The zero-order valence-corrected chi connectivity index (χ0v) is 69.6. The molecule has 0 atom stereocenters. The van der Waals surface area contributed by atoms with Gasteiger partial charge in [0.05, 0.1) is 45.6 Å². The lowest BCUT2D eigenvalue weighted by atomic mass is 9.92. The minimum absolute atomic E-state index is 0.844. The molecule has 0 spiro atoms. The maximum atomic E-state index is 5.77. The molecule has 0 saturated carbocycles. The van der Waals surface area contributed by atoms with E-state index in [9.17, 15) is 0 Å². The Hall–Kier alpha value is -13.5. The molecule has 4 N–H and O–H groups in total. The number of aromatic amines is 4. The summed E-state index contributed by atoms with van der Waals surface area (Å²) < 4.78 is 0. The second-order valence-electron chi connectivity index (χ2n) is 33.1. The highest BCUT2D eigenvalue weighted by molar-refractivity contribution is 6.05. The predicted molar refractivity (Wildman–Crippen MR) is 492 cm³/mol. The van der Waals surface area contributed by atoms with Crippen molar-refractivity contribution in [2.45, 2.75) is 125 Å². The summed E-state index contributed by atoms with van der Waals surface area (Å²) in [6.07, 6.45) is 17.5. The van der Waals surface area contributed by atoms with Crippen LogP contribution < -0.4 is 0 Å². The number of H-pyrrole nitrogens is 4. The van der Waals surface area contributed by atoms with Crippen LogP contribution in [-0.2, 0) is 0 Å². The smallest absolute Gasteiger partial charge is 0.0737 e. The molecule has 0 unspecified atom stereocenters. The Morgan fingerprint density at radius 1 is 0.190 bits per heavy atom. The molecule has 566 valence electrons. The first kappa shape index (κ1) is 74.0. The maximum absolute atomic E-state index is 5.77. The number of nitrogens with zero attached hydrogens (tertiary/aromatic N) is 4. The molecule has 16 bridgehead atoms. The number of aromatic nitrogens is 8. The summed E-state index contributed by atoms with van der Waals surface area (Å²) in [5, 5.41) is 0. The van der Waals surface area contributed by atoms with E-state index in [4.69, 9.17) is 19.9 Å². The molecule has 8 nitrogen and oxygen atoms in total. The molecule has 14 aromatic rings. The Bertz CT molecular complexity index is 6620. The molecular weight excluding hydrogens is 1410 g/mol. The molecule has 18 rings (SSSR count). The Balaban J connectivity index is 0.789. The van der Waals surface area contributed by atoms with Crippen LogP contribution in [0.5, 0.6) is 0 Å². The molecule has 0 saturated heterocycles. The van der Waals surface area contributed by atoms with Crippen LogP contribution in [0.15, 0.2) is 170 Å². The van der Waals surface area contributed by atoms with Crippen molar-refractivity contribution in [3.63, 3.8) is 0 Å². The zero-order valence-electron chi connectivity index (χ0n) is 69.6. The SMILES string of the molecule is Cc1cc(C)c(-c2c3nc(c(-c4c(C)cc(C)cc4C)c4ccc([nH]4)c(-c4c(C)cc(C)cc4C)c4nc(cc5[nH]c2cc5-c2ccc(C#Cc5ccc(-c6cc7[nH]c6cc6nc(c(-c8c(C)cc(C)cc8C)c8ccc([nH]8)c(-c8c(C)cc(C)cc8C)c8nc(c7-c7c(C)cc(C)cc7C)C=C8)C=C6)cc5)cc2)C=C4)C=C3)c(C)c1. The quantitative estimate of drug-likeness (QED) is 0.113. The van der Waals surface area contributed by atoms with Crippen LogP contribution in [0.4, 0.5) is 0 Å². The molecule has 6 aromatic heterocycles. The number of hydrogen-bond donors (Lipinski definition) is 4. The van der Waals surface area contributed by atoms with Gasteiger partial charge in [-0.05, 0) is 357 Å². The third-order valence-corrected chi connectivity index (χ3v) is 23.7. The number of benzene rings is 8. The van der Waals surface area contributed by atoms with Gasteiger partial charge >= 0.3 is 0 Å². The van der Waals surface area contributed by atoms with Crippen LogP contribution in [-0.4, -0.2) is 39.9 Å². The van der Waals surface area contributed by atoms with Gasteiger partial charge in [0.2, 0.25) is 0 Å². The van der Waals surface area contributed by atoms with E-state index in [2.05, 4.69) is 375 Å². The molecule has 8 aromatic carbocycles. The second-order valence-corrected chi connectivity index (χ2v) is 33.1. The monoisotopic (exact) mass is 1500 g/mol. The maximum Gasteiger partial charge on any atom is 0.0737 e. The van der Waals surface area contributed by atoms with Gasteiger partial charge in [0.1, 0.15) is 0 Å². The van der Waals surface area contributed by atoms with E-state index in [0.29, 0.717) is 0 Å². The van der Waals surface area contributed by atoms with E-state index in [1.54, 1.807) is 0 Å². The number of nitrogens with one attached hydrogen (secondary N) is 4. The van der Waals surface area contributed by atoms with Crippen molar-refractivity contribution in [3.05, 3.63) is 327 Å². The van der Waals surface area contributed by atoms with Gasteiger partial charge in [-0.2, -0.15) is 0 Å². The van der Waals surface area contributed by atoms with Crippen LogP contribution in [0, 0.1) is 136 Å². The summed E-state index contributed by atoms with van der Waals surface area (Å²) in [7, 11) is 0. The molecule has 8 heteroatoms. The second kappa shape index (κ2) is 28.9. The Morgan fingerprint density at radius 2 is 0.397 bits per heavy atom. The van der Waals surface area contributed by atoms with E-state index < -0.39 is 0 Å². The molecule has 10 heterocycles. The van der Waals surface area contributed by atoms with Crippen LogP contribution in [0.25, 0.3) is 182 Å². The van der Waals surface area contributed by atoms with Gasteiger partial charge in [-0.25, -0.2) is 19.9 Å². The summed E-state index contributed by atoms with van der Waals surface area (Å²) >= 11 is 0. The molecule has 0 fully saturated rings. The molecule has 0 radical (unpaired) electrons. The lowest BCUT2D eigenvalue weighted by Gasteiger charge is -2.14. The summed E-state index contributed by atoms with van der Waals surface area (Å²) in [4.78, 5) is 38.7. The normalized spacial score (nSPS) is 12.2. The average molecular weight is 1500 g/mol. The Morgan fingerprint density at radius 3 is 0.638 bits per heavy atom. The summed E-state index contributed by atoms with van der Waals surface area (Å²) in [5.41, 5.74) is 55.7. The average Bonchev–Trinajstić information content (AvgIpc) is 1.60. The van der Waals surface area contributed by atoms with Crippen LogP contribution in [0.2, 0.25) is 0 Å². The van der Waals surface area contributed by atoms with Crippen molar-refractivity contribution in [2.75, 3.05) is 0 Å². The first-order valence-corrected chi connectivity index (χ1v) is 40.4. The Labute approximate surface area is 680 Å². The van der Waals surface area contributed by atoms with Gasteiger partial charge in [0, 0.05) is 99.8 Å². The van der Waals surface area contributed by atoms with Gasteiger partial charge < -0.3 is 19.9 Å². The minimum Gasteiger partial charge on any atom is -0.354 e. The lowest BCUT2D eigenvalue weighted by molar-refractivity contribution is 1.27. The fraction of sp³-hybridized carbons (Fsp3) is 0.167. The molecule has 4 aliphatic rings. The van der Waals surface area contributed by atoms with E-state index in [1.165, 1.54) is 122 Å². The fourth-order valence-corrected chi connectivity index (χ4v) is 19.5. The number of rotatable bonds is 8. The van der Waals surface area contributed by atoms with Gasteiger partial charge in [0.25, 0.3) is 0 Å². The number of hydrogen-bond acceptors (Lipinski definition) is 4. The van der Waals surface area contributed by atoms with E-state index in [0.717, 1.165) is 168 Å². The van der Waals surface area contributed by atoms with Crippen molar-refractivity contribution in [2.24, 2.45) is 0 Å². The minimum atomic E-state index is 0.844. The van der Waals surface area contributed by atoms with Crippen molar-refractivity contribution in [1.29, 1.82) is 0 Å². The summed E-state index contributed by atoms with van der Waals surface area (Å²) in [6, 6.07) is 62.8. The van der Waals surface area contributed by atoms with Gasteiger partial charge in [-0.1, -0.05) is 142 Å². The van der Waals surface area contributed by atoms with Gasteiger partial charge in [-0.3, -0.25) is 0 Å². The highest BCUT2D eigenvalue weighted by atomic mass is 14.8. The molecule has 0 amide bonds. The third kappa shape index (κ3) is 13.3. The van der Waals surface area contributed by atoms with Gasteiger partial charge in [-0.15, -0.1) is 0 Å².